The van der Waals surface area contributed by atoms with Crippen LogP contribution in [0.3, 0.4) is 0 Å². The fourth-order valence-corrected chi connectivity index (χ4v) is 3.13. The fraction of sp³-hybridized carbons (Fsp3) is 0.333. The van der Waals surface area contributed by atoms with Crippen molar-refractivity contribution in [2.24, 2.45) is 0 Å². The molecular formula is C9H10ClFO2S. The third kappa shape index (κ3) is 1.91. The molecular weight excluding hydrogens is 227 g/mol. The van der Waals surface area contributed by atoms with E-state index in [0.29, 0.717) is 11.1 Å². The van der Waals surface area contributed by atoms with Gasteiger partial charge >= 0.3 is 0 Å². The summed E-state index contributed by atoms with van der Waals surface area (Å²) in [5.74, 6) is -0.519. The number of aryl methyl sites for hydroxylation is 2. The maximum absolute atomic E-state index is 13.4. The Morgan fingerprint density at radius 1 is 1.21 bits per heavy atom. The van der Waals surface area contributed by atoms with Crippen molar-refractivity contribution >= 4 is 19.7 Å². The Kier molecular flexibility index (Phi) is 2.88. The molecule has 0 N–H and O–H groups in total. The van der Waals surface area contributed by atoms with Gasteiger partial charge in [0.15, 0.2) is 0 Å². The summed E-state index contributed by atoms with van der Waals surface area (Å²) in [7, 11) is 1.33. The van der Waals surface area contributed by atoms with Crippen LogP contribution in [0.2, 0.25) is 0 Å². The monoisotopic (exact) mass is 236 g/mol. The Labute approximate surface area is 87.1 Å². The summed E-state index contributed by atoms with van der Waals surface area (Å²) in [6, 6.07) is 1.47. The first-order valence-electron chi connectivity index (χ1n) is 3.96. The second-order valence-corrected chi connectivity index (χ2v) is 5.72. The summed E-state index contributed by atoms with van der Waals surface area (Å²) in [4.78, 5) is -0.123. The largest absolute Gasteiger partial charge is 0.261 e. The van der Waals surface area contributed by atoms with Crippen LogP contribution in [0.5, 0.6) is 0 Å². The Balaban J connectivity index is 3.70. The van der Waals surface area contributed by atoms with E-state index in [2.05, 4.69) is 0 Å². The van der Waals surface area contributed by atoms with Gasteiger partial charge in [-0.15, -0.1) is 0 Å². The average molecular weight is 237 g/mol. The molecule has 1 aromatic rings. The first kappa shape index (κ1) is 11.5. The average Bonchev–Trinajstić information content (AvgIpc) is 1.97. The van der Waals surface area contributed by atoms with Crippen molar-refractivity contribution in [1.82, 2.24) is 0 Å². The van der Waals surface area contributed by atoms with E-state index in [0.717, 1.165) is 0 Å². The highest BCUT2D eigenvalue weighted by Gasteiger charge is 2.20. The molecule has 0 aromatic heterocycles. The maximum Gasteiger partial charge on any atom is 0.261 e. The molecule has 0 heterocycles. The lowest BCUT2D eigenvalue weighted by atomic mass is 10.1. The van der Waals surface area contributed by atoms with E-state index in [1.54, 1.807) is 13.8 Å². The van der Waals surface area contributed by atoms with Gasteiger partial charge in [0.1, 0.15) is 5.82 Å². The molecule has 0 saturated heterocycles. The predicted octanol–water partition coefficient (Wildman–Crippen LogP) is 2.68. The number of hydrogen-bond acceptors (Lipinski definition) is 2. The van der Waals surface area contributed by atoms with Crippen LogP contribution in [0.25, 0.3) is 0 Å². The molecule has 2 nitrogen and oxygen atoms in total. The van der Waals surface area contributed by atoms with Crippen molar-refractivity contribution in [3.05, 3.63) is 28.6 Å². The summed E-state index contributed by atoms with van der Waals surface area (Å²) < 4.78 is 35.7. The molecule has 0 atom stereocenters. The molecule has 0 spiro atoms. The molecule has 0 aliphatic rings. The lowest BCUT2D eigenvalue weighted by molar-refractivity contribution is 0.590. The Morgan fingerprint density at radius 2 is 1.71 bits per heavy atom. The van der Waals surface area contributed by atoms with Gasteiger partial charge in [-0.1, -0.05) is 6.07 Å². The highest BCUT2D eigenvalue weighted by atomic mass is 35.7. The second kappa shape index (κ2) is 3.51. The van der Waals surface area contributed by atoms with Crippen molar-refractivity contribution < 1.29 is 12.8 Å². The van der Waals surface area contributed by atoms with Gasteiger partial charge in [0.2, 0.25) is 0 Å². The number of hydrogen-bond donors (Lipinski definition) is 0. The predicted molar refractivity (Wildman–Crippen MR) is 53.6 cm³/mol. The zero-order valence-electron chi connectivity index (χ0n) is 8.06. The first-order valence-corrected chi connectivity index (χ1v) is 6.27. The van der Waals surface area contributed by atoms with Crippen LogP contribution >= 0.6 is 10.7 Å². The van der Waals surface area contributed by atoms with E-state index in [4.69, 9.17) is 10.7 Å². The van der Waals surface area contributed by atoms with Crippen LogP contribution in [-0.4, -0.2) is 8.42 Å². The third-order valence-electron chi connectivity index (χ3n) is 2.05. The van der Waals surface area contributed by atoms with Gasteiger partial charge in [0.05, 0.1) is 4.90 Å². The molecule has 78 valence electrons. The van der Waals surface area contributed by atoms with Crippen molar-refractivity contribution in [3.63, 3.8) is 0 Å². The zero-order chi connectivity index (χ0) is 11.1. The zero-order valence-corrected chi connectivity index (χ0v) is 9.63. The molecule has 14 heavy (non-hydrogen) atoms. The van der Waals surface area contributed by atoms with Gasteiger partial charge in [-0.05, 0) is 31.9 Å². The van der Waals surface area contributed by atoms with Crippen molar-refractivity contribution in [2.45, 2.75) is 25.7 Å². The number of benzene rings is 1. The molecule has 0 unspecified atom stereocenters. The van der Waals surface area contributed by atoms with Crippen LogP contribution in [0, 0.1) is 26.6 Å². The topological polar surface area (TPSA) is 34.1 Å². The van der Waals surface area contributed by atoms with Crippen molar-refractivity contribution in [1.29, 1.82) is 0 Å². The summed E-state index contributed by atoms with van der Waals surface area (Å²) in [6.45, 7) is 4.58. The minimum Gasteiger partial charge on any atom is -0.207 e. The van der Waals surface area contributed by atoms with E-state index < -0.39 is 14.9 Å². The van der Waals surface area contributed by atoms with Gasteiger partial charge in [0.25, 0.3) is 9.05 Å². The smallest absolute Gasteiger partial charge is 0.207 e. The van der Waals surface area contributed by atoms with Gasteiger partial charge in [-0.25, -0.2) is 12.8 Å². The molecule has 0 saturated carbocycles. The maximum atomic E-state index is 13.4. The van der Waals surface area contributed by atoms with E-state index in [1.165, 1.54) is 13.0 Å². The van der Waals surface area contributed by atoms with Gasteiger partial charge < -0.3 is 0 Å². The standard InChI is InChI=1S/C9H10ClFO2S/c1-5-4-6(2)9(14(10,12)13)7(3)8(5)11/h4H,1-3H3. The van der Waals surface area contributed by atoms with Crippen molar-refractivity contribution in [3.8, 4) is 0 Å². The lowest BCUT2D eigenvalue weighted by Gasteiger charge is -2.09. The Bertz CT molecular complexity index is 480. The van der Waals surface area contributed by atoms with E-state index in [9.17, 15) is 12.8 Å². The second-order valence-electron chi connectivity index (χ2n) is 3.22. The molecule has 1 aromatic carbocycles. The van der Waals surface area contributed by atoms with E-state index in [-0.39, 0.29) is 10.5 Å². The Morgan fingerprint density at radius 3 is 2.14 bits per heavy atom. The SMILES string of the molecule is Cc1cc(C)c(S(=O)(=O)Cl)c(C)c1F. The van der Waals surface area contributed by atoms with Crippen LogP contribution < -0.4 is 0 Å². The summed E-state index contributed by atoms with van der Waals surface area (Å²) in [5, 5.41) is 0. The van der Waals surface area contributed by atoms with Gasteiger partial charge in [-0.3, -0.25) is 0 Å². The van der Waals surface area contributed by atoms with E-state index >= 15 is 0 Å². The number of rotatable bonds is 1. The number of halogens is 2. The molecule has 1 rings (SSSR count). The molecule has 0 aliphatic heterocycles. The van der Waals surface area contributed by atoms with E-state index in [1.807, 2.05) is 0 Å². The fourth-order valence-electron chi connectivity index (χ4n) is 1.52. The molecule has 5 heteroatoms. The van der Waals surface area contributed by atoms with Crippen LogP contribution in [0.1, 0.15) is 16.7 Å². The van der Waals surface area contributed by atoms with Crippen LogP contribution in [0.15, 0.2) is 11.0 Å². The molecule has 0 radical (unpaired) electrons. The van der Waals surface area contributed by atoms with Crippen LogP contribution in [-0.2, 0) is 9.05 Å². The molecule has 0 amide bonds. The summed E-state index contributed by atoms with van der Waals surface area (Å²) >= 11 is 0. The van der Waals surface area contributed by atoms with Gasteiger partial charge in [-0.2, -0.15) is 0 Å². The highest BCUT2D eigenvalue weighted by Crippen LogP contribution is 2.27. The molecule has 0 fully saturated rings. The normalized spacial score (nSPS) is 11.8. The van der Waals surface area contributed by atoms with Crippen LogP contribution in [0.4, 0.5) is 4.39 Å². The van der Waals surface area contributed by atoms with Crippen molar-refractivity contribution in [2.75, 3.05) is 0 Å². The lowest BCUT2D eigenvalue weighted by Crippen LogP contribution is -2.02. The summed E-state index contributed by atoms with van der Waals surface area (Å²) in [5.41, 5.74) is 0.970. The molecule has 0 aliphatic carbocycles. The Hall–Kier alpha value is -0.610. The molecule has 0 bridgehead atoms. The van der Waals surface area contributed by atoms with Gasteiger partial charge in [0, 0.05) is 16.2 Å². The minimum atomic E-state index is -3.87. The highest BCUT2D eigenvalue weighted by molar-refractivity contribution is 8.13. The third-order valence-corrected chi connectivity index (χ3v) is 3.63. The minimum absolute atomic E-state index is 0.0810. The quantitative estimate of drug-likeness (QED) is 0.703. The first-order chi connectivity index (χ1) is 6.25. The summed E-state index contributed by atoms with van der Waals surface area (Å²) in [6.07, 6.45) is 0.